The summed E-state index contributed by atoms with van der Waals surface area (Å²) in [6.45, 7) is 40.6. The van der Waals surface area contributed by atoms with E-state index in [1.165, 1.54) is 271 Å². The van der Waals surface area contributed by atoms with Crippen molar-refractivity contribution >= 4 is 0 Å². The second kappa shape index (κ2) is 45.4. The third-order valence-corrected chi connectivity index (χ3v) is 31.9. The summed E-state index contributed by atoms with van der Waals surface area (Å²) in [6.07, 6.45) is 56.5. The van der Waals surface area contributed by atoms with Gasteiger partial charge in [-0.05, 0) is 402 Å². The highest BCUT2D eigenvalue weighted by atomic mass is 16.5. The first-order chi connectivity index (χ1) is 52.6. The van der Waals surface area contributed by atoms with E-state index in [4.69, 9.17) is 33.2 Å². The number of likely N-dealkylation sites (tertiary alicyclic amines) is 2. The summed E-state index contributed by atoms with van der Waals surface area (Å²) in [5.41, 5.74) is 0.351. The van der Waals surface area contributed by atoms with Crippen LogP contribution in [0.1, 0.15) is 307 Å². The van der Waals surface area contributed by atoms with Gasteiger partial charge in [-0.3, -0.25) is 4.90 Å². The molecule has 11 saturated heterocycles. The van der Waals surface area contributed by atoms with Crippen LogP contribution in [0.25, 0.3) is 0 Å². The van der Waals surface area contributed by atoms with E-state index in [1.807, 2.05) is 14.0 Å². The molecule has 11 unspecified atom stereocenters. The Morgan fingerprint density at radius 2 is 0.852 bits per heavy atom. The molecule has 11 aliphatic heterocycles. The molecule has 22 bridgehead atoms. The predicted molar refractivity (Wildman–Crippen MR) is 446 cm³/mol. The molecule has 0 aromatic carbocycles. The number of nitrogens with zero attached hydrogens (tertiary/aromatic N) is 5. The Balaban J connectivity index is 0.000000119. The SMILES string of the molecule is C1C2CC3CC1CN(C2)C3.CCN1CC2CCC1C2.CCN1CC2CCC1C2.CCOC.CCOC12CC3CC(CC(C3)C1)C2.CCOC1C2CCC1CC2.CCOC1CC2CCC1C2.CCOC1CC2CCC1CC2.CCOC1CC2CCCC(C1)N2C.CCOC1CC2CCN1CC2.CN[C@@H]1CO[C@H](C)C1. The summed E-state index contributed by atoms with van der Waals surface area (Å²) in [4.78, 5) is 13.0. The summed E-state index contributed by atoms with van der Waals surface area (Å²) in [5, 5.41) is 3.17. The van der Waals surface area contributed by atoms with Gasteiger partial charge >= 0.3 is 0 Å². The second-order valence-corrected chi connectivity index (χ2v) is 39.2. The van der Waals surface area contributed by atoms with Crippen LogP contribution in [-0.2, 0) is 37.9 Å². The maximum atomic E-state index is 6.04. The Hall–Kier alpha value is -0.560. The van der Waals surface area contributed by atoms with E-state index in [0.717, 1.165) is 172 Å². The van der Waals surface area contributed by atoms with E-state index in [9.17, 15) is 0 Å². The lowest BCUT2D eigenvalue weighted by Crippen LogP contribution is -2.53. The molecule has 628 valence electrons. The Kier molecular flexibility index (Phi) is 37.1. The number of nitrogens with one attached hydrogen (secondary N) is 1. The van der Waals surface area contributed by atoms with Crippen LogP contribution >= 0.6 is 0 Å². The molecular formula is C94H174N6O8. The second-order valence-electron chi connectivity index (χ2n) is 39.2. The van der Waals surface area contributed by atoms with Crippen LogP contribution in [0.3, 0.4) is 0 Å². The van der Waals surface area contributed by atoms with Crippen LogP contribution < -0.4 is 5.32 Å². The van der Waals surface area contributed by atoms with Gasteiger partial charge in [0.15, 0.2) is 0 Å². The molecule has 13 atom stereocenters. The van der Waals surface area contributed by atoms with E-state index < -0.39 is 0 Å². The maximum Gasteiger partial charge on any atom is 0.110 e. The molecule has 0 aromatic heterocycles. The molecule has 0 amide bonds. The van der Waals surface area contributed by atoms with Crippen molar-refractivity contribution in [1.82, 2.24) is 29.8 Å². The highest BCUT2D eigenvalue weighted by molar-refractivity contribution is 5.04. The number of likely N-dealkylation sites (N-methyl/N-ethyl adjacent to an activating group) is 1. The van der Waals surface area contributed by atoms with E-state index >= 15 is 0 Å². The van der Waals surface area contributed by atoms with Gasteiger partial charge in [-0.2, -0.15) is 0 Å². The first kappa shape index (κ1) is 88.3. The molecule has 25 aliphatic rings. The smallest absolute Gasteiger partial charge is 0.110 e. The molecule has 14 aliphatic carbocycles. The van der Waals surface area contributed by atoms with Gasteiger partial charge in [0.25, 0.3) is 0 Å². The van der Waals surface area contributed by atoms with Crippen LogP contribution in [0.4, 0.5) is 0 Å². The molecule has 14 heteroatoms. The zero-order valence-electron chi connectivity index (χ0n) is 72.7. The van der Waals surface area contributed by atoms with Crippen molar-refractivity contribution in [1.29, 1.82) is 0 Å². The fourth-order valence-corrected chi connectivity index (χ4v) is 27.0. The summed E-state index contributed by atoms with van der Waals surface area (Å²) >= 11 is 0. The van der Waals surface area contributed by atoms with Crippen molar-refractivity contribution in [2.45, 2.75) is 379 Å². The van der Waals surface area contributed by atoms with Crippen LogP contribution in [0.15, 0.2) is 0 Å². The predicted octanol–water partition coefficient (Wildman–Crippen LogP) is 18.9. The van der Waals surface area contributed by atoms with Crippen molar-refractivity contribution in [2.24, 2.45) is 88.8 Å². The molecule has 14 nitrogen and oxygen atoms in total. The highest BCUT2D eigenvalue weighted by Crippen LogP contribution is 2.57. The molecule has 14 saturated carbocycles. The Morgan fingerprint density at radius 3 is 1.20 bits per heavy atom. The maximum absolute atomic E-state index is 6.04. The lowest BCUT2D eigenvalue weighted by Gasteiger charge is -2.56. The number of piperidine rings is 10. The standard InChI is InChI=1S/C12H20O.C11H21NO.C10H18O.C9H17NO.C9H15N.2C9H16O.2C8H15N.C6H13NO.C3H8O/c1-2-13-12-6-9-3-10(7-12)5-11(4-9)8-12;1-3-13-11-7-9-5-4-6-10(8-11)12(9)2;1-2-11-10-7-8-3-5-9(10)6-4-8;1-2-11-9-7-8-3-5-10(9)6-4-8;1-7-2-9-3-8(1)5-10(4-7)6-9;1-2-10-9-6-7-3-4-8(9)5-7;1-2-10-9-7-3-4-8(9)6-5-7;2*1-2-9-6-7-3-4-8(9)5-7;1-5-3-6(7-2)4-8-5;1-3-4-2/h9-11H,2-8H2,1H3;9-11H,3-8H2,1-2H3;8-10H,2-7H2,1H3;8-9H,2-7H2,1H3;7-9H,1-6H2;2*7-9H,2-6H2,1H3;2*7-8H,2-6H2,1H3;5-7H,3-4H2,1-2H3;3H2,1-2H3/t;;;;;;;;;5-,6+;/m.........1./s1. The van der Waals surface area contributed by atoms with Crippen molar-refractivity contribution < 1.29 is 37.9 Å². The van der Waals surface area contributed by atoms with Gasteiger partial charge in [0.1, 0.15) is 6.23 Å². The molecule has 0 radical (unpaired) electrons. The average molecular weight is 1520 g/mol. The largest absolute Gasteiger partial charge is 0.385 e. The molecule has 1 N–H and O–H groups in total. The molecule has 11 heterocycles. The van der Waals surface area contributed by atoms with Gasteiger partial charge in [0.05, 0.1) is 42.7 Å². The summed E-state index contributed by atoms with van der Waals surface area (Å²) in [6, 6.07) is 4.19. The first-order valence-corrected chi connectivity index (χ1v) is 47.8. The van der Waals surface area contributed by atoms with Gasteiger partial charge in [-0.15, -0.1) is 0 Å². The number of fused-ring (bicyclic) bond motifs is 16. The number of hydrogen-bond acceptors (Lipinski definition) is 14. The topological polar surface area (TPSA) is 102 Å². The number of ether oxygens (including phenoxy) is 8. The zero-order valence-corrected chi connectivity index (χ0v) is 72.7. The van der Waals surface area contributed by atoms with Crippen molar-refractivity contribution in [3.8, 4) is 0 Å². The molecule has 25 rings (SSSR count). The van der Waals surface area contributed by atoms with E-state index in [0.29, 0.717) is 48.4 Å². The quantitative estimate of drug-likeness (QED) is 0.159. The summed E-state index contributed by atoms with van der Waals surface area (Å²) in [5.74, 6) is 15.3. The Labute approximate surface area is 665 Å². The van der Waals surface area contributed by atoms with Crippen molar-refractivity contribution in [2.75, 3.05) is 133 Å². The molecule has 25 fully saturated rings. The fourth-order valence-electron chi connectivity index (χ4n) is 27.0. The number of rotatable bonds is 16. The Bertz CT molecular complexity index is 2240. The third-order valence-electron chi connectivity index (χ3n) is 31.9. The van der Waals surface area contributed by atoms with Gasteiger partial charge < -0.3 is 62.8 Å². The average Bonchev–Trinajstić information content (AvgIpc) is 0.845. The van der Waals surface area contributed by atoms with E-state index in [2.05, 4.69) is 104 Å². The number of hydrogen-bond donors (Lipinski definition) is 1. The zero-order chi connectivity index (χ0) is 75.9. The minimum absolute atomic E-state index is 0.351. The molecule has 0 spiro atoms. The fraction of sp³-hybridized carbons (Fsp3) is 1.00. The minimum atomic E-state index is 0.351. The van der Waals surface area contributed by atoms with Crippen LogP contribution in [0.5, 0.6) is 0 Å². The van der Waals surface area contributed by atoms with Gasteiger partial charge in [0.2, 0.25) is 0 Å². The first-order valence-electron chi connectivity index (χ1n) is 47.8. The normalized spacial score (nSPS) is 43.8. The molecule has 0 aromatic rings. The third kappa shape index (κ3) is 25.5. The van der Waals surface area contributed by atoms with E-state index in [-0.39, 0.29) is 0 Å². The molecular weight excluding hydrogens is 1340 g/mol. The monoisotopic (exact) mass is 1520 g/mol. The van der Waals surface area contributed by atoms with Crippen LogP contribution in [-0.4, -0.2) is 230 Å². The van der Waals surface area contributed by atoms with E-state index in [1.54, 1.807) is 26.4 Å². The summed E-state index contributed by atoms with van der Waals surface area (Å²) in [7, 11) is 5.95. The molecule has 108 heavy (non-hydrogen) atoms. The Morgan fingerprint density at radius 1 is 0.389 bits per heavy atom. The van der Waals surface area contributed by atoms with Crippen LogP contribution in [0, 0.1) is 88.8 Å². The minimum Gasteiger partial charge on any atom is -0.385 e. The summed E-state index contributed by atoms with van der Waals surface area (Å²) < 4.78 is 44.3. The van der Waals surface area contributed by atoms with Crippen molar-refractivity contribution in [3.05, 3.63) is 0 Å². The lowest BCUT2D eigenvalue weighted by atomic mass is 9.54. The lowest BCUT2D eigenvalue weighted by molar-refractivity contribution is -0.159. The van der Waals surface area contributed by atoms with Gasteiger partial charge in [-0.25, -0.2) is 0 Å². The highest BCUT2D eigenvalue weighted by Gasteiger charge is 2.52. The van der Waals surface area contributed by atoms with Crippen LogP contribution in [0.2, 0.25) is 0 Å². The van der Waals surface area contributed by atoms with Gasteiger partial charge in [-0.1, -0.05) is 20.3 Å². The number of methoxy groups -OCH3 is 1. The van der Waals surface area contributed by atoms with Crippen molar-refractivity contribution in [3.63, 3.8) is 0 Å². The van der Waals surface area contributed by atoms with Gasteiger partial charge in [0, 0.05) is 129 Å².